The van der Waals surface area contributed by atoms with Gasteiger partial charge in [0.15, 0.2) is 17.4 Å². The molecule has 1 aromatic heterocycles. The minimum atomic E-state index is -0.751. The molecular formula is C19H16FN3O2. The Bertz CT molecular complexity index is 937. The Hall–Kier alpha value is -3.28. The molecule has 0 aliphatic heterocycles. The van der Waals surface area contributed by atoms with Gasteiger partial charge in [-0.2, -0.15) is 4.98 Å². The van der Waals surface area contributed by atoms with Crippen molar-refractivity contribution in [1.29, 1.82) is 0 Å². The molecule has 0 atom stereocenters. The fourth-order valence-electron chi connectivity index (χ4n) is 2.53. The maximum atomic E-state index is 13.9. The minimum absolute atomic E-state index is 0.0155. The maximum Gasteiger partial charge on any atom is 0.255 e. The van der Waals surface area contributed by atoms with Gasteiger partial charge in [0.1, 0.15) is 5.56 Å². The van der Waals surface area contributed by atoms with Crippen molar-refractivity contribution in [2.24, 2.45) is 5.73 Å². The first-order chi connectivity index (χ1) is 12.0. The number of amides is 1. The summed E-state index contributed by atoms with van der Waals surface area (Å²) >= 11 is 0. The summed E-state index contributed by atoms with van der Waals surface area (Å²) in [7, 11) is 0. The van der Waals surface area contributed by atoms with Crippen LogP contribution < -0.4 is 10.5 Å². The predicted molar refractivity (Wildman–Crippen MR) is 91.9 cm³/mol. The van der Waals surface area contributed by atoms with Crippen molar-refractivity contribution in [2.75, 3.05) is 0 Å². The molecule has 0 bridgehead atoms. The molecular weight excluding hydrogens is 321 g/mol. The number of carbonyl (C=O) groups excluding carboxylic acids is 1. The maximum absolute atomic E-state index is 13.9. The van der Waals surface area contributed by atoms with Gasteiger partial charge in [0.2, 0.25) is 5.88 Å². The highest BCUT2D eigenvalue weighted by atomic mass is 19.1. The van der Waals surface area contributed by atoms with Crippen LogP contribution in [0.15, 0.2) is 48.7 Å². The van der Waals surface area contributed by atoms with E-state index in [0.717, 1.165) is 16.7 Å². The predicted octanol–water partition coefficient (Wildman–Crippen LogP) is 3.79. The van der Waals surface area contributed by atoms with E-state index in [-0.39, 0.29) is 17.2 Å². The van der Waals surface area contributed by atoms with Crippen molar-refractivity contribution in [3.8, 4) is 23.0 Å². The number of carbonyl (C=O) groups is 1. The molecule has 5 nitrogen and oxygen atoms in total. The molecule has 0 aliphatic rings. The van der Waals surface area contributed by atoms with E-state index in [1.54, 1.807) is 12.1 Å². The first-order valence-electron chi connectivity index (χ1n) is 7.63. The topological polar surface area (TPSA) is 78.1 Å². The number of hydrogen-bond acceptors (Lipinski definition) is 4. The number of benzene rings is 2. The number of halogens is 1. The van der Waals surface area contributed by atoms with Crippen LogP contribution in [-0.2, 0) is 0 Å². The van der Waals surface area contributed by atoms with E-state index in [1.165, 1.54) is 18.3 Å². The summed E-state index contributed by atoms with van der Waals surface area (Å²) in [4.78, 5) is 20.2. The molecule has 3 aromatic rings. The highest BCUT2D eigenvalue weighted by molar-refractivity contribution is 5.95. The third kappa shape index (κ3) is 3.33. The first kappa shape index (κ1) is 16.6. The van der Waals surface area contributed by atoms with Crippen LogP contribution in [0.5, 0.6) is 11.6 Å². The summed E-state index contributed by atoms with van der Waals surface area (Å²) in [6.07, 6.45) is 1.30. The average Bonchev–Trinajstić information content (AvgIpc) is 2.57. The lowest BCUT2D eigenvalue weighted by Gasteiger charge is -2.12. The zero-order valence-corrected chi connectivity index (χ0v) is 13.8. The van der Waals surface area contributed by atoms with E-state index in [4.69, 9.17) is 10.5 Å². The zero-order valence-electron chi connectivity index (χ0n) is 13.8. The van der Waals surface area contributed by atoms with Crippen LogP contribution >= 0.6 is 0 Å². The Balaban J connectivity index is 2.13. The molecule has 1 heterocycles. The summed E-state index contributed by atoms with van der Waals surface area (Å²) in [6, 6.07) is 11.7. The number of primary amides is 1. The molecule has 2 N–H and O–H groups in total. The Morgan fingerprint density at radius 2 is 1.76 bits per heavy atom. The monoisotopic (exact) mass is 337 g/mol. The van der Waals surface area contributed by atoms with Crippen molar-refractivity contribution in [1.82, 2.24) is 9.97 Å². The van der Waals surface area contributed by atoms with Crippen LogP contribution in [0.3, 0.4) is 0 Å². The van der Waals surface area contributed by atoms with Crippen molar-refractivity contribution < 1.29 is 13.9 Å². The van der Waals surface area contributed by atoms with Crippen LogP contribution in [0.2, 0.25) is 0 Å². The molecule has 25 heavy (non-hydrogen) atoms. The van der Waals surface area contributed by atoms with E-state index >= 15 is 0 Å². The number of para-hydroxylation sites is 1. The van der Waals surface area contributed by atoms with Gasteiger partial charge in [-0.15, -0.1) is 0 Å². The number of aromatic nitrogens is 2. The van der Waals surface area contributed by atoms with Crippen LogP contribution in [0.1, 0.15) is 21.5 Å². The molecule has 0 unspecified atom stereocenters. The molecule has 0 saturated carbocycles. The van der Waals surface area contributed by atoms with Gasteiger partial charge in [0.05, 0.1) is 0 Å². The molecule has 2 aromatic carbocycles. The van der Waals surface area contributed by atoms with E-state index in [2.05, 4.69) is 9.97 Å². The first-order valence-corrected chi connectivity index (χ1v) is 7.63. The molecule has 6 heteroatoms. The molecule has 1 amide bonds. The summed E-state index contributed by atoms with van der Waals surface area (Å²) in [6.45, 7) is 3.87. The number of ether oxygens (including phenoxy) is 1. The average molecular weight is 337 g/mol. The Kier molecular flexibility index (Phi) is 4.43. The van der Waals surface area contributed by atoms with E-state index in [9.17, 15) is 9.18 Å². The van der Waals surface area contributed by atoms with Crippen LogP contribution in [0.4, 0.5) is 4.39 Å². The van der Waals surface area contributed by atoms with Crippen LogP contribution in [0.25, 0.3) is 11.4 Å². The molecule has 0 aliphatic carbocycles. The Morgan fingerprint density at radius 1 is 1.08 bits per heavy atom. The van der Waals surface area contributed by atoms with E-state index < -0.39 is 11.7 Å². The summed E-state index contributed by atoms with van der Waals surface area (Å²) in [5, 5.41) is 0. The van der Waals surface area contributed by atoms with E-state index in [1.807, 2.05) is 32.0 Å². The van der Waals surface area contributed by atoms with Gasteiger partial charge >= 0.3 is 0 Å². The third-order valence-electron chi connectivity index (χ3n) is 3.77. The third-order valence-corrected chi connectivity index (χ3v) is 3.77. The smallest absolute Gasteiger partial charge is 0.255 e. The molecule has 0 fully saturated rings. The van der Waals surface area contributed by atoms with Gasteiger partial charge in [-0.05, 0) is 37.1 Å². The van der Waals surface area contributed by atoms with Crippen molar-refractivity contribution in [3.63, 3.8) is 0 Å². The molecule has 3 rings (SSSR count). The largest absolute Gasteiger partial charge is 0.435 e. The normalized spacial score (nSPS) is 10.5. The lowest BCUT2D eigenvalue weighted by Crippen LogP contribution is -2.14. The number of nitrogens with zero attached hydrogens (tertiary/aromatic N) is 2. The molecule has 0 saturated heterocycles. The number of aryl methyl sites for hydroxylation is 2. The number of rotatable bonds is 4. The molecule has 126 valence electrons. The lowest BCUT2D eigenvalue weighted by molar-refractivity contribution is 0.0997. The van der Waals surface area contributed by atoms with Crippen LogP contribution in [-0.4, -0.2) is 15.9 Å². The Labute approximate surface area is 144 Å². The van der Waals surface area contributed by atoms with Crippen molar-refractivity contribution in [2.45, 2.75) is 13.8 Å². The second-order valence-corrected chi connectivity index (χ2v) is 5.58. The van der Waals surface area contributed by atoms with Gasteiger partial charge < -0.3 is 10.5 Å². The summed E-state index contributed by atoms with van der Waals surface area (Å²) in [5.74, 6) is -1.06. The van der Waals surface area contributed by atoms with Gasteiger partial charge in [0, 0.05) is 11.8 Å². The SMILES string of the molecule is Cc1cccc(C)c1-c1ncc(C(N)=O)c(Oc2ccccc2F)n1. The summed E-state index contributed by atoms with van der Waals surface area (Å²) in [5.41, 5.74) is 8.13. The second-order valence-electron chi connectivity index (χ2n) is 5.58. The highest BCUT2D eigenvalue weighted by Gasteiger charge is 2.18. The van der Waals surface area contributed by atoms with Gasteiger partial charge in [0.25, 0.3) is 5.91 Å². The highest BCUT2D eigenvalue weighted by Crippen LogP contribution is 2.29. The van der Waals surface area contributed by atoms with Gasteiger partial charge in [-0.3, -0.25) is 4.79 Å². The minimum Gasteiger partial charge on any atom is -0.435 e. The standard InChI is InChI=1S/C19H16FN3O2/c1-11-6-5-7-12(2)16(11)18-22-10-13(17(21)24)19(23-18)25-15-9-4-3-8-14(15)20/h3-10H,1-2H3,(H2,21,24). The Morgan fingerprint density at radius 3 is 2.40 bits per heavy atom. The fraction of sp³-hybridized carbons (Fsp3) is 0.105. The second kappa shape index (κ2) is 6.68. The molecule has 0 spiro atoms. The van der Waals surface area contributed by atoms with Gasteiger partial charge in [-0.1, -0.05) is 30.3 Å². The van der Waals surface area contributed by atoms with Crippen molar-refractivity contribution >= 4 is 5.91 Å². The van der Waals surface area contributed by atoms with Gasteiger partial charge in [-0.25, -0.2) is 9.37 Å². The lowest BCUT2D eigenvalue weighted by atomic mass is 10.0. The quantitative estimate of drug-likeness (QED) is 0.785. The molecule has 0 radical (unpaired) electrons. The number of nitrogens with two attached hydrogens (primary N) is 1. The van der Waals surface area contributed by atoms with Crippen molar-refractivity contribution in [3.05, 3.63) is 71.2 Å². The van der Waals surface area contributed by atoms with E-state index in [0.29, 0.717) is 5.82 Å². The fourth-order valence-corrected chi connectivity index (χ4v) is 2.53. The zero-order chi connectivity index (χ0) is 18.0. The number of hydrogen-bond donors (Lipinski definition) is 1. The summed E-state index contributed by atoms with van der Waals surface area (Å²) < 4.78 is 19.4. The van der Waals surface area contributed by atoms with Crippen LogP contribution in [0, 0.1) is 19.7 Å².